The van der Waals surface area contributed by atoms with Crippen LogP contribution in [0.4, 0.5) is 5.69 Å². The number of aromatic nitrogens is 3. The van der Waals surface area contributed by atoms with E-state index < -0.39 is 0 Å². The lowest BCUT2D eigenvalue weighted by Gasteiger charge is -2.22. The first-order chi connectivity index (χ1) is 10.2. The highest BCUT2D eigenvalue weighted by Crippen LogP contribution is 2.39. The van der Waals surface area contributed by atoms with E-state index in [-0.39, 0.29) is 18.5 Å². The van der Waals surface area contributed by atoms with Gasteiger partial charge in [-0.1, -0.05) is 25.1 Å². The minimum Gasteiger partial charge on any atom is -0.322 e. The summed E-state index contributed by atoms with van der Waals surface area (Å²) < 4.78 is 0. The molecule has 1 aromatic carbocycles. The zero-order valence-electron chi connectivity index (χ0n) is 12.0. The molecule has 21 heavy (non-hydrogen) atoms. The number of amides is 1. The van der Waals surface area contributed by atoms with E-state index in [9.17, 15) is 4.79 Å². The number of fused-ring (bicyclic) bond motifs is 1. The second-order valence-corrected chi connectivity index (χ2v) is 5.21. The second kappa shape index (κ2) is 5.65. The fourth-order valence-electron chi connectivity index (χ4n) is 2.81. The Labute approximate surface area is 123 Å². The molecular weight excluding hydrogens is 266 g/mol. The Morgan fingerprint density at radius 1 is 1.48 bits per heavy atom. The van der Waals surface area contributed by atoms with Gasteiger partial charge < -0.3 is 5.73 Å². The van der Waals surface area contributed by atoms with Gasteiger partial charge in [-0.05, 0) is 18.1 Å². The number of nitrogens with one attached hydrogen (secondary N) is 1. The van der Waals surface area contributed by atoms with Gasteiger partial charge in [0.2, 0.25) is 5.91 Å². The summed E-state index contributed by atoms with van der Waals surface area (Å²) in [6, 6.07) is 7.72. The molecule has 0 aliphatic carbocycles. The number of aryl methyl sites for hydroxylation is 1. The topological polar surface area (TPSA) is 87.9 Å². The van der Waals surface area contributed by atoms with Crippen LogP contribution in [0.2, 0.25) is 0 Å². The van der Waals surface area contributed by atoms with Crippen molar-refractivity contribution in [2.24, 2.45) is 5.73 Å². The molecule has 1 unspecified atom stereocenters. The quantitative estimate of drug-likeness (QED) is 0.887. The average Bonchev–Trinajstić information content (AvgIpc) is 3.10. The predicted molar refractivity (Wildman–Crippen MR) is 79.8 cm³/mol. The summed E-state index contributed by atoms with van der Waals surface area (Å²) in [4.78, 5) is 18.5. The number of para-hydroxylation sites is 1. The first kappa shape index (κ1) is 13.8. The van der Waals surface area contributed by atoms with Crippen LogP contribution >= 0.6 is 0 Å². The van der Waals surface area contributed by atoms with Crippen LogP contribution in [-0.4, -0.2) is 27.6 Å². The predicted octanol–water partition coefficient (Wildman–Crippen LogP) is 1.35. The van der Waals surface area contributed by atoms with Gasteiger partial charge in [0.05, 0.1) is 6.54 Å². The summed E-state index contributed by atoms with van der Waals surface area (Å²) in [7, 11) is 0. The van der Waals surface area contributed by atoms with Crippen LogP contribution < -0.4 is 10.6 Å². The van der Waals surface area contributed by atoms with Crippen molar-refractivity contribution in [1.29, 1.82) is 0 Å². The molecule has 0 radical (unpaired) electrons. The van der Waals surface area contributed by atoms with E-state index in [0.29, 0.717) is 5.82 Å². The summed E-state index contributed by atoms with van der Waals surface area (Å²) in [5.74, 6) is 1.42. The number of aromatic amines is 1. The molecule has 1 aromatic heterocycles. The van der Waals surface area contributed by atoms with Gasteiger partial charge in [0, 0.05) is 18.5 Å². The number of rotatable bonds is 4. The van der Waals surface area contributed by atoms with E-state index >= 15 is 0 Å². The van der Waals surface area contributed by atoms with Gasteiger partial charge in [0.25, 0.3) is 0 Å². The van der Waals surface area contributed by atoms with Crippen molar-refractivity contribution in [3.8, 4) is 0 Å². The Bertz CT molecular complexity index is 651. The van der Waals surface area contributed by atoms with Crippen LogP contribution in [0.25, 0.3) is 0 Å². The summed E-state index contributed by atoms with van der Waals surface area (Å²) in [6.45, 7) is 2.08. The Kier molecular flexibility index (Phi) is 3.70. The fraction of sp³-hybridized carbons (Fsp3) is 0.400. The van der Waals surface area contributed by atoms with Gasteiger partial charge >= 0.3 is 0 Å². The molecule has 1 amide bonds. The molecule has 0 fully saturated rings. The molecule has 0 spiro atoms. The van der Waals surface area contributed by atoms with Gasteiger partial charge in [-0.3, -0.25) is 14.8 Å². The number of carbonyl (C=O) groups excluding carboxylic acids is 1. The monoisotopic (exact) mass is 285 g/mol. The van der Waals surface area contributed by atoms with Crippen molar-refractivity contribution in [3.05, 3.63) is 41.5 Å². The third-order valence-electron chi connectivity index (χ3n) is 3.75. The van der Waals surface area contributed by atoms with Crippen molar-refractivity contribution in [3.63, 3.8) is 0 Å². The van der Waals surface area contributed by atoms with Crippen LogP contribution in [-0.2, 0) is 17.6 Å². The molecule has 3 rings (SSSR count). The maximum atomic E-state index is 12.2. The highest BCUT2D eigenvalue weighted by molar-refractivity contribution is 5.97. The van der Waals surface area contributed by atoms with Gasteiger partial charge in [-0.25, -0.2) is 4.98 Å². The van der Waals surface area contributed by atoms with Crippen molar-refractivity contribution in [2.45, 2.75) is 32.2 Å². The molecule has 2 aromatic rings. The summed E-state index contributed by atoms with van der Waals surface area (Å²) in [6.07, 6.45) is 2.59. The highest BCUT2D eigenvalue weighted by atomic mass is 16.2. The molecule has 1 aliphatic rings. The number of H-pyrrole nitrogens is 1. The Morgan fingerprint density at radius 2 is 2.29 bits per heavy atom. The zero-order valence-corrected chi connectivity index (χ0v) is 12.0. The minimum absolute atomic E-state index is 0.0168. The van der Waals surface area contributed by atoms with Gasteiger partial charge in [0.15, 0.2) is 5.82 Å². The number of carbonyl (C=O) groups is 1. The van der Waals surface area contributed by atoms with Crippen molar-refractivity contribution >= 4 is 11.6 Å². The number of nitrogens with zero attached hydrogens (tertiary/aromatic N) is 3. The minimum atomic E-state index is -0.166. The number of anilines is 1. The number of benzene rings is 1. The highest BCUT2D eigenvalue weighted by Gasteiger charge is 2.36. The SMILES string of the molecule is CCCc1nc(C2Cc3ccccc3N2C(=O)CN)n[nH]1. The standard InChI is InChI=1S/C15H19N5O/c1-2-5-13-17-15(19-18-13)12-8-10-6-3-4-7-11(10)20(12)14(21)9-16/h3-4,6-7,12H,2,5,8-9,16H2,1H3,(H,17,18,19). The maximum Gasteiger partial charge on any atom is 0.241 e. The molecule has 0 saturated heterocycles. The maximum absolute atomic E-state index is 12.2. The molecule has 110 valence electrons. The third kappa shape index (κ3) is 2.42. The molecule has 6 nitrogen and oxygen atoms in total. The molecule has 0 bridgehead atoms. The Hall–Kier alpha value is -2.21. The molecule has 1 atom stereocenters. The zero-order chi connectivity index (χ0) is 14.8. The van der Waals surface area contributed by atoms with Gasteiger partial charge in [-0.15, -0.1) is 0 Å². The van der Waals surface area contributed by atoms with E-state index in [2.05, 4.69) is 22.1 Å². The Balaban J connectivity index is 1.96. The number of nitrogens with two attached hydrogens (primary N) is 1. The second-order valence-electron chi connectivity index (χ2n) is 5.21. The van der Waals surface area contributed by atoms with E-state index in [0.717, 1.165) is 36.3 Å². The van der Waals surface area contributed by atoms with Crippen LogP contribution in [0.15, 0.2) is 24.3 Å². The molecular formula is C15H19N5O. The summed E-state index contributed by atoms with van der Waals surface area (Å²) in [5.41, 5.74) is 7.61. The number of hydrogen-bond donors (Lipinski definition) is 2. The van der Waals surface area contributed by atoms with Crippen molar-refractivity contribution in [2.75, 3.05) is 11.4 Å². The average molecular weight is 285 g/mol. The first-order valence-corrected chi connectivity index (χ1v) is 7.25. The van der Waals surface area contributed by atoms with Gasteiger partial charge in [0.1, 0.15) is 11.9 Å². The van der Waals surface area contributed by atoms with E-state index in [4.69, 9.17) is 5.73 Å². The molecule has 1 aliphatic heterocycles. The largest absolute Gasteiger partial charge is 0.322 e. The van der Waals surface area contributed by atoms with Crippen molar-refractivity contribution < 1.29 is 4.79 Å². The van der Waals surface area contributed by atoms with Crippen LogP contribution in [0, 0.1) is 0 Å². The lowest BCUT2D eigenvalue weighted by Crippen LogP contribution is -2.37. The van der Waals surface area contributed by atoms with E-state index in [1.807, 2.05) is 24.3 Å². The van der Waals surface area contributed by atoms with Crippen LogP contribution in [0.3, 0.4) is 0 Å². The summed E-state index contributed by atoms with van der Waals surface area (Å²) >= 11 is 0. The fourth-order valence-corrected chi connectivity index (χ4v) is 2.81. The van der Waals surface area contributed by atoms with Crippen LogP contribution in [0.5, 0.6) is 0 Å². The third-order valence-corrected chi connectivity index (χ3v) is 3.75. The van der Waals surface area contributed by atoms with E-state index in [1.165, 1.54) is 0 Å². The number of hydrogen-bond acceptors (Lipinski definition) is 4. The van der Waals surface area contributed by atoms with Crippen molar-refractivity contribution in [1.82, 2.24) is 15.2 Å². The van der Waals surface area contributed by atoms with Crippen LogP contribution in [0.1, 0.15) is 36.6 Å². The van der Waals surface area contributed by atoms with E-state index in [1.54, 1.807) is 4.90 Å². The summed E-state index contributed by atoms with van der Waals surface area (Å²) in [5, 5.41) is 7.25. The smallest absolute Gasteiger partial charge is 0.241 e. The normalized spacial score (nSPS) is 17.0. The lowest BCUT2D eigenvalue weighted by molar-refractivity contribution is -0.117. The molecule has 6 heteroatoms. The lowest BCUT2D eigenvalue weighted by atomic mass is 10.1. The first-order valence-electron chi connectivity index (χ1n) is 7.25. The molecule has 2 heterocycles. The molecule has 0 saturated carbocycles. The molecule has 3 N–H and O–H groups in total. The Morgan fingerprint density at radius 3 is 3.05 bits per heavy atom. The van der Waals surface area contributed by atoms with Gasteiger partial charge in [-0.2, -0.15) is 5.10 Å².